The number of aryl methyl sites for hydroxylation is 1. The van der Waals surface area contributed by atoms with Gasteiger partial charge >= 0.3 is 12.1 Å². The van der Waals surface area contributed by atoms with Crippen LogP contribution in [0.15, 0.2) is 57.7 Å². The van der Waals surface area contributed by atoms with Gasteiger partial charge < -0.3 is 19.5 Å². The first-order valence-corrected chi connectivity index (χ1v) is 13.0. The highest BCUT2D eigenvalue weighted by Crippen LogP contribution is 2.36. The van der Waals surface area contributed by atoms with Gasteiger partial charge in [0.05, 0.1) is 28.6 Å². The maximum absolute atomic E-state index is 13.8. The van der Waals surface area contributed by atoms with Gasteiger partial charge in [-0.2, -0.15) is 13.2 Å². The maximum atomic E-state index is 13.8. The highest BCUT2D eigenvalue weighted by Gasteiger charge is 2.32. The smallest absolute Gasteiger partial charge is 0.389 e. The third-order valence-corrected chi connectivity index (χ3v) is 6.76. The van der Waals surface area contributed by atoms with Crippen LogP contribution in [-0.4, -0.2) is 40.2 Å². The van der Waals surface area contributed by atoms with Crippen LogP contribution in [0.2, 0.25) is 0 Å². The molecule has 0 spiro atoms. The molecule has 5 aromatic rings. The van der Waals surface area contributed by atoms with Crippen molar-refractivity contribution >= 4 is 44.8 Å². The van der Waals surface area contributed by atoms with Crippen molar-refractivity contribution in [3.05, 3.63) is 76.0 Å². The quantitative estimate of drug-likeness (QED) is 0.174. The number of fused-ring (bicyclic) bond motifs is 5. The minimum Gasteiger partial charge on any atom is -0.464 e. The van der Waals surface area contributed by atoms with Crippen LogP contribution in [0.3, 0.4) is 0 Å². The van der Waals surface area contributed by atoms with E-state index in [1.54, 1.807) is 19.1 Å². The average Bonchev–Trinajstić information content (AvgIpc) is 3.30. The molecule has 0 aliphatic heterocycles. The second-order valence-electron chi connectivity index (χ2n) is 10.3. The van der Waals surface area contributed by atoms with E-state index < -0.39 is 47.8 Å². The fourth-order valence-corrected chi connectivity index (χ4v) is 4.72. The summed E-state index contributed by atoms with van der Waals surface area (Å²) in [4.78, 5) is 45.4. The monoisotopic (exact) mass is 583 g/mol. The number of nitrogens with one attached hydrogen (secondary N) is 2. The lowest BCUT2D eigenvalue weighted by Crippen LogP contribution is -2.50. The lowest BCUT2D eigenvalue weighted by molar-refractivity contribution is -0.149. The van der Waals surface area contributed by atoms with Crippen molar-refractivity contribution in [1.29, 1.82) is 0 Å². The molecule has 3 heterocycles. The first-order chi connectivity index (χ1) is 19.8. The Labute approximate surface area is 235 Å². The fraction of sp³-hybridized carbons (Fsp3) is 0.267. The highest BCUT2D eigenvalue weighted by atomic mass is 19.4. The molecule has 0 unspecified atom stereocenters. The van der Waals surface area contributed by atoms with Crippen LogP contribution in [0, 0.1) is 5.82 Å². The third-order valence-electron chi connectivity index (χ3n) is 6.76. The number of aromatic amines is 1. The van der Waals surface area contributed by atoms with Gasteiger partial charge in [-0.25, -0.2) is 14.2 Å². The lowest BCUT2D eigenvalue weighted by atomic mass is 9.97. The first-order valence-electron chi connectivity index (χ1n) is 13.0. The molecule has 5 rings (SSSR count). The van der Waals surface area contributed by atoms with E-state index in [4.69, 9.17) is 9.15 Å². The van der Waals surface area contributed by atoms with E-state index in [9.17, 15) is 31.9 Å². The minimum atomic E-state index is -4.47. The Morgan fingerprint density at radius 3 is 2.55 bits per heavy atom. The molecule has 0 saturated heterocycles. The molecule has 0 saturated carbocycles. The van der Waals surface area contributed by atoms with Crippen LogP contribution < -0.4 is 10.9 Å². The number of rotatable bonds is 7. The number of halogens is 4. The molecule has 0 fully saturated rings. The molecule has 8 nitrogen and oxygen atoms in total. The number of furan rings is 1. The van der Waals surface area contributed by atoms with Crippen molar-refractivity contribution in [3.63, 3.8) is 0 Å². The number of esters is 1. The molecule has 0 aliphatic rings. The normalized spacial score (nSPS) is 12.3. The summed E-state index contributed by atoms with van der Waals surface area (Å²) in [6, 6.07) is 11.4. The summed E-state index contributed by atoms with van der Waals surface area (Å²) in [5.41, 5.74) is -0.902. The number of carbonyl (C=O) groups is 2. The Balaban J connectivity index is 1.66. The largest absolute Gasteiger partial charge is 0.464 e. The molecule has 42 heavy (non-hydrogen) atoms. The van der Waals surface area contributed by atoms with Crippen LogP contribution in [0.25, 0.3) is 44.1 Å². The zero-order chi connectivity index (χ0) is 30.4. The summed E-state index contributed by atoms with van der Waals surface area (Å²) in [6.45, 7) is 4.74. The number of carbonyl (C=O) groups excluding carboxylic acids is 2. The number of hydrogen-bond donors (Lipinski definition) is 2. The van der Waals surface area contributed by atoms with E-state index in [1.807, 2.05) is 0 Å². The van der Waals surface area contributed by atoms with Crippen molar-refractivity contribution in [2.45, 2.75) is 45.3 Å². The van der Waals surface area contributed by atoms with Crippen molar-refractivity contribution < 1.29 is 36.3 Å². The molecular formula is C30H25F4N3O5. The number of nitrogens with zero attached hydrogens (tertiary/aromatic N) is 1. The zero-order valence-electron chi connectivity index (χ0n) is 22.7. The first kappa shape index (κ1) is 28.8. The second-order valence-corrected chi connectivity index (χ2v) is 10.3. The van der Waals surface area contributed by atoms with Crippen LogP contribution in [0.5, 0.6) is 0 Å². The number of amides is 1. The Bertz CT molecular complexity index is 1920. The van der Waals surface area contributed by atoms with Crippen LogP contribution in [-0.2, 0) is 16.0 Å². The number of pyridine rings is 2. The molecule has 218 valence electrons. The van der Waals surface area contributed by atoms with Crippen molar-refractivity contribution in [2.75, 3.05) is 6.61 Å². The van der Waals surface area contributed by atoms with E-state index in [0.717, 1.165) is 6.07 Å². The minimum absolute atomic E-state index is 0.0371. The van der Waals surface area contributed by atoms with Crippen LogP contribution >= 0.6 is 0 Å². The molecule has 0 radical (unpaired) electrons. The Hall–Kier alpha value is -4.74. The van der Waals surface area contributed by atoms with E-state index >= 15 is 0 Å². The van der Waals surface area contributed by atoms with Crippen molar-refractivity contribution in [1.82, 2.24) is 15.3 Å². The summed E-state index contributed by atoms with van der Waals surface area (Å²) >= 11 is 0. The SMILES string of the molecule is CCOC(=O)C(C)(C)NC(=O)c1cccc(-c2cc3c(nc2CCC(F)(F)F)oc2c4ccc(F)cc4[nH]c(=O)c32)c1. The zero-order valence-corrected chi connectivity index (χ0v) is 22.7. The molecular weight excluding hydrogens is 558 g/mol. The van der Waals surface area contributed by atoms with Gasteiger partial charge in [0.25, 0.3) is 11.5 Å². The van der Waals surface area contributed by atoms with Gasteiger partial charge in [-0.15, -0.1) is 0 Å². The molecule has 3 aromatic heterocycles. The van der Waals surface area contributed by atoms with Crippen LogP contribution in [0.4, 0.5) is 17.6 Å². The lowest BCUT2D eigenvalue weighted by Gasteiger charge is -2.24. The Morgan fingerprint density at radius 1 is 1.07 bits per heavy atom. The Kier molecular flexibility index (Phi) is 7.25. The molecule has 12 heteroatoms. The van der Waals surface area contributed by atoms with Gasteiger partial charge in [-0.3, -0.25) is 9.59 Å². The molecule has 0 bridgehead atoms. The molecule has 0 aliphatic carbocycles. The van der Waals surface area contributed by atoms with E-state index in [-0.39, 0.29) is 51.0 Å². The topological polar surface area (TPSA) is 114 Å². The average molecular weight is 584 g/mol. The summed E-state index contributed by atoms with van der Waals surface area (Å²) in [5, 5.41) is 3.34. The second kappa shape index (κ2) is 10.6. The summed E-state index contributed by atoms with van der Waals surface area (Å²) in [7, 11) is 0. The standard InChI is InChI=1S/C30H25F4N3O5/c1-4-41-28(40)29(2,3)37-25(38)16-7-5-6-15(12-16)19-14-20-23-24(18-9-8-17(31)13-22(18)35-26(23)39)42-27(20)36-21(19)10-11-30(32,33)34/h5-9,12-14H,4,10-11H2,1-3H3,(H,35,39)(H,37,38). The number of hydrogen-bond acceptors (Lipinski definition) is 6. The summed E-state index contributed by atoms with van der Waals surface area (Å²) < 4.78 is 64.4. The molecule has 0 atom stereocenters. The van der Waals surface area contributed by atoms with Gasteiger partial charge in [0.1, 0.15) is 11.4 Å². The number of aromatic nitrogens is 2. The number of H-pyrrole nitrogens is 1. The Morgan fingerprint density at radius 2 is 1.83 bits per heavy atom. The van der Waals surface area contributed by atoms with Gasteiger partial charge in [-0.05, 0) is 69.2 Å². The third kappa shape index (κ3) is 5.56. The van der Waals surface area contributed by atoms with Crippen molar-refractivity contribution in [3.8, 4) is 11.1 Å². The fourth-order valence-electron chi connectivity index (χ4n) is 4.72. The van der Waals surface area contributed by atoms with Gasteiger partial charge in [0.2, 0.25) is 5.71 Å². The maximum Gasteiger partial charge on any atom is 0.389 e. The number of ether oxygens (including phenoxy) is 1. The van der Waals surface area contributed by atoms with E-state index in [0.29, 0.717) is 10.9 Å². The van der Waals surface area contributed by atoms with Gasteiger partial charge in [0.15, 0.2) is 5.58 Å². The predicted molar refractivity (Wildman–Crippen MR) is 148 cm³/mol. The number of alkyl halides is 3. The van der Waals surface area contributed by atoms with Gasteiger partial charge in [-0.1, -0.05) is 12.1 Å². The van der Waals surface area contributed by atoms with E-state index in [1.165, 1.54) is 44.2 Å². The summed E-state index contributed by atoms with van der Waals surface area (Å²) in [5.74, 6) is -1.81. The predicted octanol–water partition coefficient (Wildman–Crippen LogP) is 6.20. The molecule has 1 amide bonds. The highest BCUT2D eigenvalue weighted by molar-refractivity contribution is 6.13. The molecule has 2 aromatic carbocycles. The number of benzene rings is 2. The van der Waals surface area contributed by atoms with Crippen molar-refractivity contribution in [2.24, 2.45) is 0 Å². The molecule has 2 N–H and O–H groups in total. The van der Waals surface area contributed by atoms with Gasteiger partial charge in [0, 0.05) is 22.9 Å². The van der Waals surface area contributed by atoms with Crippen LogP contribution in [0.1, 0.15) is 43.2 Å². The van der Waals surface area contributed by atoms with E-state index in [2.05, 4.69) is 15.3 Å². The summed E-state index contributed by atoms with van der Waals surface area (Å²) in [6.07, 6.45) is -6.14.